The van der Waals surface area contributed by atoms with Gasteiger partial charge < -0.3 is 14.6 Å². The van der Waals surface area contributed by atoms with Crippen LogP contribution >= 0.6 is 0 Å². The van der Waals surface area contributed by atoms with Crippen LogP contribution in [0.4, 0.5) is 0 Å². The van der Waals surface area contributed by atoms with Crippen LogP contribution in [0, 0.1) is 6.92 Å². The summed E-state index contributed by atoms with van der Waals surface area (Å²) in [5.41, 5.74) is 4.49. The molecular weight excluding hydrogens is 386 g/mol. The van der Waals surface area contributed by atoms with Gasteiger partial charge in [-0.05, 0) is 61.9 Å². The van der Waals surface area contributed by atoms with Crippen LogP contribution in [0.3, 0.4) is 0 Å². The molecule has 1 atom stereocenters. The number of aromatic nitrogens is 2. The molecule has 0 radical (unpaired) electrons. The van der Waals surface area contributed by atoms with Crippen LogP contribution in [0.5, 0.6) is 5.75 Å². The minimum Gasteiger partial charge on any atom is -0.493 e. The number of imidazole rings is 1. The molecule has 1 N–H and O–H groups in total. The van der Waals surface area contributed by atoms with Crippen LogP contribution in [0.1, 0.15) is 75.9 Å². The summed E-state index contributed by atoms with van der Waals surface area (Å²) in [4.78, 5) is 16.9. The number of fused-ring (bicyclic) bond motifs is 1. The van der Waals surface area contributed by atoms with E-state index in [1.807, 2.05) is 32.0 Å². The lowest BCUT2D eigenvalue weighted by Crippen LogP contribution is -2.28. The largest absolute Gasteiger partial charge is 0.493 e. The second-order valence-corrected chi connectivity index (χ2v) is 8.55. The molecule has 0 spiro atoms. The van der Waals surface area contributed by atoms with Gasteiger partial charge in [0.05, 0.1) is 23.7 Å². The van der Waals surface area contributed by atoms with Gasteiger partial charge >= 0.3 is 0 Å². The fourth-order valence-corrected chi connectivity index (χ4v) is 3.91. The maximum absolute atomic E-state index is 12.1. The molecule has 1 unspecified atom stereocenters. The zero-order valence-electron chi connectivity index (χ0n) is 19.4. The molecule has 5 heteroatoms. The van der Waals surface area contributed by atoms with Gasteiger partial charge in [0.25, 0.3) is 0 Å². The van der Waals surface area contributed by atoms with Crippen molar-refractivity contribution >= 4 is 16.9 Å². The van der Waals surface area contributed by atoms with Gasteiger partial charge in [-0.3, -0.25) is 4.79 Å². The zero-order chi connectivity index (χ0) is 22.4. The van der Waals surface area contributed by atoms with Gasteiger partial charge in [-0.1, -0.05) is 45.0 Å². The highest BCUT2D eigenvalue weighted by Crippen LogP contribution is 2.28. The van der Waals surface area contributed by atoms with Crippen LogP contribution in [-0.2, 0) is 11.3 Å². The number of rotatable bonds is 10. The molecule has 0 aliphatic carbocycles. The van der Waals surface area contributed by atoms with E-state index in [9.17, 15) is 4.79 Å². The number of para-hydroxylation sites is 2. The van der Waals surface area contributed by atoms with E-state index in [-0.39, 0.29) is 11.9 Å². The fraction of sp³-hybridized carbons (Fsp3) is 0.462. The van der Waals surface area contributed by atoms with E-state index in [1.54, 1.807) is 0 Å². The standard InChI is InChI=1S/C26H35N3O2/c1-6-10-25(30)27-20(5)26-28-22-11-7-8-12-23(22)29(26)15-9-16-31-24-17-19(4)13-14-21(24)18(2)3/h7-8,11-14,17-18,20H,6,9-10,15-16H2,1-5H3,(H,27,30). The summed E-state index contributed by atoms with van der Waals surface area (Å²) in [6, 6.07) is 14.4. The summed E-state index contributed by atoms with van der Waals surface area (Å²) in [6.45, 7) is 11.9. The summed E-state index contributed by atoms with van der Waals surface area (Å²) < 4.78 is 8.40. The summed E-state index contributed by atoms with van der Waals surface area (Å²) in [6.07, 6.45) is 2.23. The molecule has 1 heterocycles. The van der Waals surface area contributed by atoms with Gasteiger partial charge in [-0.2, -0.15) is 0 Å². The molecule has 166 valence electrons. The fourth-order valence-electron chi connectivity index (χ4n) is 3.91. The number of amides is 1. The second-order valence-electron chi connectivity index (χ2n) is 8.55. The number of nitrogens with zero attached hydrogens (tertiary/aromatic N) is 2. The van der Waals surface area contributed by atoms with Crippen molar-refractivity contribution in [3.63, 3.8) is 0 Å². The minimum absolute atomic E-state index is 0.0672. The van der Waals surface area contributed by atoms with Gasteiger partial charge in [0.2, 0.25) is 5.91 Å². The van der Waals surface area contributed by atoms with Gasteiger partial charge in [0.15, 0.2) is 0 Å². The van der Waals surface area contributed by atoms with E-state index in [2.05, 4.69) is 54.9 Å². The molecule has 31 heavy (non-hydrogen) atoms. The van der Waals surface area contributed by atoms with Crippen LogP contribution in [0.25, 0.3) is 11.0 Å². The van der Waals surface area contributed by atoms with Crippen LogP contribution in [0.2, 0.25) is 0 Å². The monoisotopic (exact) mass is 421 g/mol. The van der Waals surface area contributed by atoms with E-state index < -0.39 is 0 Å². The predicted octanol–water partition coefficient (Wildman–Crippen LogP) is 5.91. The molecule has 0 aliphatic rings. The summed E-state index contributed by atoms with van der Waals surface area (Å²) >= 11 is 0. The molecule has 0 bridgehead atoms. The van der Waals surface area contributed by atoms with Crippen molar-refractivity contribution in [1.82, 2.24) is 14.9 Å². The SMILES string of the molecule is CCCC(=O)NC(C)c1nc2ccccc2n1CCCOc1cc(C)ccc1C(C)C. The Morgan fingerprint density at radius 2 is 1.94 bits per heavy atom. The van der Waals surface area contributed by atoms with Crippen molar-refractivity contribution < 1.29 is 9.53 Å². The smallest absolute Gasteiger partial charge is 0.220 e. The summed E-state index contributed by atoms with van der Waals surface area (Å²) in [7, 11) is 0. The number of nitrogens with one attached hydrogen (secondary N) is 1. The summed E-state index contributed by atoms with van der Waals surface area (Å²) in [5.74, 6) is 2.36. The first-order valence-corrected chi connectivity index (χ1v) is 11.4. The molecule has 0 saturated heterocycles. The van der Waals surface area contributed by atoms with Crippen molar-refractivity contribution in [2.45, 2.75) is 72.4 Å². The van der Waals surface area contributed by atoms with E-state index in [1.165, 1.54) is 11.1 Å². The molecule has 3 rings (SSSR count). The first-order chi connectivity index (χ1) is 14.9. The second kappa shape index (κ2) is 10.5. The van der Waals surface area contributed by atoms with E-state index in [4.69, 9.17) is 9.72 Å². The highest BCUT2D eigenvalue weighted by molar-refractivity contribution is 5.78. The van der Waals surface area contributed by atoms with Gasteiger partial charge in [-0.15, -0.1) is 0 Å². The van der Waals surface area contributed by atoms with E-state index in [0.29, 0.717) is 18.9 Å². The van der Waals surface area contributed by atoms with Gasteiger partial charge in [0, 0.05) is 13.0 Å². The van der Waals surface area contributed by atoms with Crippen molar-refractivity contribution in [3.8, 4) is 5.75 Å². The Morgan fingerprint density at radius 3 is 2.68 bits per heavy atom. The quantitative estimate of drug-likeness (QED) is 0.414. The average Bonchev–Trinajstić information content (AvgIpc) is 3.10. The van der Waals surface area contributed by atoms with E-state index in [0.717, 1.165) is 42.0 Å². The third-order valence-corrected chi connectivity index (χ3v) is 5.50. The Balaban J connectivity index is 1.73. The van der Waals surface area contributed by atoms with Crippen LogP contribution in [0.15, 0.2) is 42.5 Å². The lowest BCUT2D eigenvalue weighted by molar-refractivity contribution is -0.121. The third kappa shape index (κ3) is 5.66. The number of benzene rings is 2. The first kappa shape index (κ1) is 22.9. The molecule has 0 aliphatic heterocycles. The first-order valence-electron chi connectivity index (χ1n) is 11.4. The van der Waals surface area contributed by atoms with Crippen LogP contribution < -0.4 is 10.1 Å². The highest BCUT2D eigenvalue weighted by Gasteiger charge is 2.18. The molecular formula is C26H35N3O2. The maximum Gasteiger partial charge on any atom is 0.220 e. The Hall–Kier alpha value is -2.82. The Labute approximate surface area is 185 Å². The Bertz CT molecular complexity index is 1020. The zero-order valence-corrected chi connectivity index (χ0v) is 19.4. The number of carbonyl (C=O) groups is 1. The van der Waals surface area contributed by atoms with Gasteiger partial charge in [0.1, 0.15) is 11.6 Å². The molecule has 0 saturated carbocycles. The number of carbonyl (C=O) groups excluding carboxylic acids is 1. The lowest BCUT2D eigenvalue weighted by atomic mass is 10.0. The highest BCUT2D eigenvalue weighted by atomic mass is 16.5. The molecule has 1 amide bonds. The topological polar surface area (TPSA) is 56.2 Å². The van der Waals surface area contributed by atoms with Crippen molar-refractivity contribution in [2.75, 3.05) is 6.61 Å². The summed E-state index contributed by atoms with van der Waals surface area (Å²) in [5, 5.41) is 3.09. The number of aryl methyl sites for hydroxylation is 2. The lowest BCUT2D eigenvalue weighted by Gasteiger charge is -2.17. The molecule has 2 aromatic carbocycles. The van der Waals surface area contributed by atoms with Crippen molar-refractivity contribution in [2.24, 2.45) is 0 Å². The number of ether oxygens (including phenoxy) is 1. The normalized spacial score (nSPS) is 12.3. The van der Waals surface area contributed by atoms with Crippen molar-refractivity contribution in [1.29, 1.82) is 0 Å². The molecule has 3 aromatic rings. The Kier molecular flexibility index (Phi) is 7.72. The number of hydrogen-bond acceptors (Lipinski definition) is 3. The molecule has 5 nitrogen and oxygen atoms in total. The molecule has 0 fully saturated rings. The predicted molar refractivity (Wildman–Crippen MR) is 127 cm³/mol. The number of hydrogen-bond donors (Lipinski definition) is 1. The van der Waals surface area contributed by atoms with Crippen LogP contribution in [-0.4, -0.2) is 22.1 Å². The minimum atomic E-state index is -0.142. The maximum atomic E-state index is 12.1. The van der Waals surface area contributed by atoms with E-state index >= 15 is 0 Å². The van der Waals surface area contributed by atoms with Crippen molar-refractivity contribution in [3.05, 3.63) is 59.4 Å². The Morgan fingerprint density at radius 1 is 1.16 bits per heavy atom. The average molecular weight is 422 g/mol. The van der Waals surface area contributed by atoms with Gasteiger partial charge in [-0.25, -0.2) is 4.98 Å². The third-order valence-electron chi connectivity index (χ3n) is 5.50. The molecule has 1 aromatic heterocycles.